The van der Waals surface area contributed by atoms with E-state index < -0.39 is 9.04 Å². The molecule has 3 rings (SSSR count). The largest absolute Gasteiger partial charge is 0.542 e. The van der Waals surface area contributed by atoms with E-state index in [1.165, 1.54) is 59.9 Å². The summed E-state index contributed by atoms with van der Waals surface area (Å²) in [5, 5.41) is 0. The Hall–Kier alpha value is -1.74. The molecule has 0 aromatic heterocycles. The molecule has 2 aliphatic rings. The molecule has 1 aromatic carbocycles. The van der Waals surface area contributed by atoms with Crippen molar-refractivity contribution >= 4 is 9.04 Å². The lowest BCUT2D eigenvalue weighted by atomic mass is 9.85. The second kappa shape index (κ2) is 12.5. The molecule has 1 radical (unpaired) electrons. The van der Waals surface area contributed by atoms with Gasteiger partial charge in [0.25, 0.3) is 9.04 Å². The molecule has 0 unspecified atom stereocenters. The quantitative estimate of drug-likeness (QED) is 0.226. The Morgan fingerprint density at radius 1 is 0.914 bits per heavy atom. The lowest BCUT2D eigenvalue weighted by Crippen LogP contribution is -2.37. The summed E-state index contributed by atoms with van der Waals surface area (Å²) in [5.41, 5.74) is 9.79. The Labute approximate surface area is 217 Å². The highest BCUT2D eigenvalue weighted by molar-refractivity contribution is 6.49. The predicted molar refractivity (Wildman–Crippen MR) is 153 cm³/mol. The van der Waals surface area contributed by atoms with Crippen LogP contribution in [0.2, 0.25) is 13.1 Å². The Kier molecular flexibility index (Phi) is 9.92. The summed E-state index contributed by atoms with van der Waals surface area (Å²) >= 11 is 0. The van der Waals surface area contributed by atoms with Crippen molar-refractivity contribution in [3.8, 4) is 11.5 Å². The summed E-state index contributed by atoms with van der Waals surface area (Å²) in [6.07, 6.45) is 20.5. The minimum Gasteiger partial charge on any atom is -0.542 e. The number of hydrogen-bond donors (Lipinski definition) is 0. The molecular formula is C32H49O2Si. The van der Waals surface area contributed by atoms with Gasteiger partial charge in [0.15, 0.2) is 0 Å². The van der Waals surface area contributed by atoms with Gasteiger partial charge in [-0.1, -0.05) is 34.9 Å². The first-order valence-electron chi connectivity index (χ1n) is 13.9. The molecule has 2 nitrogen and oxygen atoms in total. The number of hydrogen-bond acceptors (Lipinski definition) is 2. The molecule has 0 bridgehead atoms. The standard InChI is InChI=1S/C32H49O2Si/c1-23(15-10-17-28-18-11-19-28)13-9-14-24(2)16-12-21-32(6)22-20-29-27(5)30(34-35(7)8)25(3)26(4)31(29)33-32/h13,16-17H,9-12,14-15,18-22H2,1-8H3/b23-13+,24-16+/t32-/m1/s1. The highest BCUT2D eigenvalue weighted by atomic mass is 28.3. The van der Waals surface area contributed by atoms with Gasteiger partial charge in [-0.05, 0) is 142 Å². The highest BCUT2D eigenvalue weighted by Crippen LogP contribution is 2.45. The van der Waals surface area contributed by atoms with Crippen molar-refractivity contribution in [1.29, 1.82) is 0 Å². The van der Waals surface area contributed by atoms with Crippen LogP contribution in [0.1, 0.15) is 107 Å². The van der Waals surface area contributed by atoms with Crippen LogP contribution in [0.5, 0.6) is 11.5 Å². The zero-order valence-corrected chi connectivity index (χ0v) is 24.8. The lowest BCUT2D eigenvalue weighted by Gasteiger charge is -2.38. The molecule has 35 heavy (non-hydrogen) atoms. The van der Waals surface area contributed by atoms with Crippen LogP contribution >= 0.6 is 0 Å². The van der Waals surface area contributed by atoms with Gasteiger partial charge in [-0.2, -0.15) is 0 Å². The molecule has 193 valence electrons. The predicted octanol–water partition coefficient (Wildman–Crippen LogP) is 9.67. The number of ether oxygens (including phenoxy) is 1. The van der Waals surface area contributed by atoms with Crippen LogP contribution in [-0.4, -0.2) is 14.6 Å². The van der Waals surface area contributed by atoms with Crippen molar-refractivity contribution in [3.05, 3.63) is 57.2 Å². The van der Waals surface area contributed by atoms with Crippen LogP contribution in [-0.2, 0) is 6.42 Å². The summed E-state index contributed by atoms with van der Waals surface area (Å²) in [7, 11) is -0.787. The second-order valence-corrected chi connectivity index (χ2v) is 13.5. The van der Waals surface area contributed by atoms with E-state index in [2.05, 4.69) is 72.9 Å². The van der Waals surface area contributed by atoms with Crippen molar-refractivity contribution in [1.82, 2.24) is 0 Å². The van der Waals surface area contributed by atoms with Gasteiger partial charge in [0, 0.05) is 5.56 Å². The van der Waals surface area contributed by atoms with Crippen LogP contribution < -0.4 is 9.16 Å². The summed E-state index contributed by atoms with van der Waals surface area (Å²) in [4.78, 5) is 0. The summed E-state index contributed by atoms with van der Waals surface area (Å²) in [5.74, 6) is 2.22. The fourth-order valence-corrected chi connectivity index (χ4v) is 5.99. The van der Waals surface area contributed by atoms with Gasteiger partial charge in [-0.25, -0.2) is 0 Å². The first kappa shape index (κ1) is 27.8. The van der Waals surface area contributed by atoms with E-state index in [-0.39, 0.29) is 5.60 Å². The number of allylic oxidation sites excluding steroid dienone is 6. The van der Waals surface area contributed by atoms with Crippen molar-refractivity contribution in [2.75, 3.05) is 0 Å². The van der Waals surface area contributed by atoms with Gasteiger partial charge in [0.05, 0.1) is 0 Å². The maximum absolute atomic E-state index is 6.74. The molecule has 3 heteroatoms. The van der Waals surface area contributed by atoms with Gasteiger partial charge in [0.2, 0.25) is 0 Å². The molecule has 1 aliphatic heterocycles. The molecule has 1 aliphatic carbocycles. The second-order valence-electron chi connectivity index (χ2n) is 11.5. The molecule has 0 saturated heterocycles. The summed E-state index contributed by atoms with van der Waals surface area (Å²) in [6.45, 7) is 17.9. The molecule has 0 amide bonds. The maximum Gasteiger partial charge on any atom is 0.274 e. The molecule has 1 aromatic rings. The van der Waals surface area contributed by atoms with Gasteiger partial charge in [-0.3, -0.25) is 0 Å². The fraction of sp³-hybridized carbons (Fsp3) is 0.625. The number of fused-ring (bicyclic) bond motifs is 1. The van der Waals surface area contributed by atoms with Gasteiger partial charge < -0.3 is 9.16 Å². The monoisotopic (exact) mass is 493 g/mol. The van der Waals surface area contributed by atoms with E-state index in [1.807, 2.05) is 0 Å². The first-order chi connectivity index (χ1) is 16.6. The summed E-state index contributed by atoms with van der Waals surface area (Å²) in [6, 6.07) is 0. The molecule has 0 N–H and O–H groups in total. The number of rotatable bonds is 11. The van der Waals surface area contributed by atoms with Crippen molar-refractivity contribution < 1.29 is 9.16 Å². The summed E-state index contributed by atoms with van der Waals surface area (Å²) < 4.78 is 13.0. The Balaban J connectivity index is 1.51. The Bertz CT molecular complexity index is 976. The number of benzene rings is 1. The van der Waals surface area contributed by atoms with Gasteiger partial charge in [-0.15, -0.1) is 0 Å². The molecule has 1 saturated carbocycles. The topological polar surface area (TPSA) is 18.5 Å². The van der Waals surface area contributed by atoms with E-state index in [4.69, 9.17) is 9.16 Å². The van der Waals surface area contributed by atoms with E-state index in [0.717, 1.165) is 50.0 Å². The highest BCUT2D eigenvalue weighted by Gasteiger charge is 2.34. The lowest BCUT2D eigenvalue weighted by molar-refractivity contribution is 0.0559. The van der Waals surface area contributed by atoms with Crippen LogP contribution in [0.15, 0.2) is 34.9 Å². The third-order valence-corrected chi connectivity index (χ3v) is 8.65. The molecule has 1 fully saturated rings. The van der Waals surface area contributed by atoms with Crippen LogP contribution in [0.3, 0.4) is 0 Å². The molecule has 1 heterocycles. The average Bonchev–Trinajstić information content (AvgIpc) is 2.76. The zero-order valence-electron chi connectivity index (χ0n) is 23.8. The van der Waals surface area contributed by atoms with Crippen LogP contribution in [0.4, 0.5) is 0 Å². The van der Waals surface area contributed by atoms with Gasteiger partial charge in [0.1, 0.15) is 17.1 Å². The van der Waals surface area contributed by atoms with Crippen molar-refractivity contribution in [2.45, 2.75) is 131 Å². The van der Waals surface area contributed by atoms with Gasteiger partial charge >= 0.3 is 0 Å². The third kappa shape index (κ3) is 7.62. The molecular weight excluding hydrogens is 444 g/mol. The SMILES string of the molecule is C/C(=C\CC/C(C)=C/CC[C@]1(C)CCc2c(C)c(O[Si](C)C)c(C)c(C)c2O1)CCC=C1CCC1. The minimum absolute atomic E-state index is 0.0916. The van der Waals surface area contributed by atoms with E-state index >= 15 is 0 Å². The minimum atomic E-state index is -0.787. The van der Waals surface area contributed by atoms with Crippen molar-refractivity contribution in [2.24, 2.45) is 0 Å². The smallest absolute Gasteiger partial charge is 0.274 e. The maximum atomic E-state index is 6.74. The third-order valence-electron chi connectivity index (χ3n) is 8.03. The Morgan fingerprint density at radius 2 is 1.57 bits per heavy atom. The molecule has 0 spiro atoms. The van der Waals surface area contributed by atoms with Crippen molar-refractivity contribution in [3.63, 3.8) is 0 Å². The van der Waals surface area contributed by atoms with Crippen LogP contribution in [0, 0.1) is 20.8 Å². The van der Waals surface area contributed by atoms with Crippen LogP contribution in [0.25, 0.3) is 0 Å². The Morgan fingerprint density at radius 3 is 2.20 bits per heavy atom. The van der Waals surface area contributed by atoms with E-state index in [9.17, 15) is 0 Å². The normalized spacial score (nSPS) is 20.4. The van der Waals surface area contributed by atoms with E-state index in [0.29, 0.717) is 0 Å². The average molecular weight is 494 g/mol. The first-order valence-corrected chi connectivity index (χ1v) is 16.3. The molecule has 1 atom stereocenters. The zero-order chi connectivity index (χ0) is 25.6. The fourth-order valence-electron chi connectivity index (χ4n) is 5.28. The van der Waals surface area contributed by atoms with E-state index in [1.54, 1.807) is 11.1 Å².